The van der Waals surface area contributed by atoms with E-state index >= 15 is 0 Å². The van der Waals surface area contributed by atoms with E-state index in [1.807, 2.05) is 0 Å². The first kappa shape index (κ1) is 38.9. The van der Waals surface area contributed by atoms with Crippen molar-refractivity contribution in [3.8, 4) is 11.5 Å². The van der Waals surface area contributed by atoms with Crippen LogP contribution in [-0.2, 0) is 19.1 Å². The number of ether oxygens (including phenoxy) is 4. The first-order chi connectivity index (χ1) is 22.3. The van der Waals surface area contributed by atoms with Crippen LogP contribution in [0.15, 0.2) is 12.1 Å². The van der Waals surface area contributed by atoms with Gasteiger partial charge in [0, 0.05) is 0 Å². The van der Waals surface area contributed by atoms with Crippen molar-refractivity contribution in [2.75, 3.05) is 13.2 Å². The number of hydrogen-bond donors (Lipinski definition) is 0. The summed E-state index contributed by atoms with van der Waals surface area (Å²) >= 11 is 37.5. The van der Waals surface area contributed by atoms with Gasteiger partial charge in [0.2, 0.25) is 0 Å². The Hall–Kier alpha value is -1.94. The van der Waals surface area contributed by atoms with E-state index in [4.69, 9.17) is 88.6 Å². The van der Waals surface area contributed by atoms with Crippen LogP contribution < -0.4 is 9.47 Å². The van der Waals surface area contributed by atoms with E-state index in [0.717, 1.165) is 25.0 Å². The molecule has 0 aliphatic heterocycles. The zero-order chi connectivity index (χ0) is 35.9. The van der Waals surface area contributed by atoms with Gasteiger partial charge in [-0.05, 0) is 72.3 Å². The predicted molar refractivity (Wildman–Crippen MR) is 186 cm³/mol. The third kappa shape index (κ3) is 7.54. The highest BCUT2D eigenvalue weighted by atomic mass is 35.5. The van der Waals surface area contributed by atoms with Crippen LogP contribution in [0.4, 0.5) is 0 Å². The summed E-state index contributed by atoms with van der Waals surface area (Å²) in [7, 11) is 0. The van der Waals surface area contributed by atoms with Gasteiger partial charge in [-0.15, -0.1) is 0 Å². The summed E-state index contributed by atoms with van der Waals surface area (Å²) in [4.78, 5) is 52.5. The molecule has 0 bridgehead atoms. The molecule has 2 aliphatic carbocycles. The fourth-order valence-corrected chi connectivity index (χ4v) is 8.07. The van der Waals surface area contributed by atoms with Crippen LogP contribution in [0, 0.1) is 34.5 Å². The molecule has 2 aliphatic rings. The molecule has 0 aromatic heterocycles. The molecule has 2 saturated carbocycles. The maximum Gasteiger partial charge on any atom is 0.423 e. The predicted octanol–water partition coefficient (Wildman–Crippen LogP) is 10.6. The smallest absolute Gasteiger partial charge is 0.423 e. The highest BCUT2D eigenvalue weighted by molar-refractivity contribution is 6.47. The van der Waals surface area contributed by atoms with E-state index in [-0.39, 0.29) is 54.2 Å². The largest absolute Gasteiger partial charge is 0.462 e. The Kier molecular flexibility index (Phi) is 12.2. The fraction of sp³-hybridized carbons (Fsp3) is 0.529. The first-order valence-electron chi connectivity index (χ1n) is 15.5. The summed E-state index contributed by atoms with van der Waals surface area (Å²) < 4.78 is 21.4. The van der Waals surface area contributed by atoms with Gasteiger partial charge >= 0.3 is 23.9 Å². The lowest BCUT2D eigenvalue weighted by Crippen LogP contribution is -2.44. The van der Waals surface area contributed by atoms with E-state index in [9.17, 15) is 19.2 Å². The fourth-order valence-electron chi connectivity index (χ4n) is 6.64. The van der Waals surface area contributed by atoms with Crippen molar-refractivity contribution in [3.05, 3.63) is 53.4 Å². The van der Waals surface area contributed by atoms with Crippen molar-refractivity contribution in [3.63, 3.8) is 0 Å². The number of rotatable bonds is 10. The van der Waals surface area contributed by atoms with Gasteiger partial charge in [0.1, 0.15) is 11.1 Å². The molecule has 0 heterocycles. The first-order valence-corrected chi connectivity index (χ1v) is 17.7. The maximum absolute atomic E-state index is 13.2. The van der Waals surface area contributed by atoms with E-state index < -0.39 is 46.5 Å². The van der Waals surface area contributed by atoms with Crippen LogP contribution in [-0.4, -0.2) is 37.1 Å². The molecule has 0 spiro atoms. The average molecular weight is 785 g/mol. The number of esters is 4. The molecule has 0 saturated heterocycles. The SMILES string of the molecule is CC1CC(C)C1(C)CCOC(=O)c1c(Cl)c(Cl)cc(Cl)c1OC(=O)C(=O)Oc1c(Cl)cc(Cl)c(Cl)c1C(=O)OCCC1(C)C(C)CC1C. The van der Waals surface area contributed by atoms with E-state index in [1.165, 1.54) is 0 Å². The van der Waals surface area contributed by atoms with Gasteiger partial charge in [0.05, 0.1) is 43.3 Å². The Morgan fingerprint density at radius 1 is 0.604 bits per heavy atom. The number of carbonyl (C=O) groups is 4. The van der Waals surface area contributed by atoms with Crippen LogP contribution in [0.5, 0.6) is 11.5 Å². The van der Waals surface area contributed by atoms with Gasteiger partial charge in [-0.2, -0.15) is 0 Å². The monoisotopic (exact) mass is 782 g/mol. The highest BCUT2D eigenvalue weighted by Crippen LogP contribution is 2.54. The Morgan fingerprint density at radius 3 is 1.21 bits per heavy atom. The molecule has 14 heteroatoms. The van der Waals surface area contributed by atoms with Crippen LogP contribution in [0.3, 0.4) is 0 Å². The van der Waals surface area contributed by atoms with Gasteiger partial charge in [0.25, 0.3) is 0 Å². The van der Waals surface area contributed by atoms with Crippen molar-refractivity contribution in [1.29, 1.82) is 0 Å². The van der Waals surface area contributed by atoms with Gasteiger partial charge in [-0.1, -0.05) is 111 Å². The molecule has 4 atom stereocenters. The van der Waals surface area contributed by atoms with Crippen molar-refractivity contribution >= 4 is 93.5 Å². The quantitative estimate of drug-likeness (QED) is 0.101. The molecule has 48 heavy (non-hydrogen) atoms. The molecule has 2 aromatic carbocycles. The molecule has 4 rings (SSSR count). The Bertz CT molecular complexity index is 1510. The standard InChI is InChI=1S/C34H36Cl6O8/c1-15-11-16(2)33(15,5)7-9-45-29(41)23-25(39)19(35)13-21(37)27(23)47-31(43)32(44)48-28-22(38)14-20(36)26(40)24(28)30(42)46-10-8-34(6)17(3)12-18(34)4/h13-18H,7-12H2,1-6H3. The van der Waals surface area contributed by atoms with Gasteiger partial charge in [-0.3, -0.25) is 0 Å². The second-order valence-corrected chi connectivity index (χ2v) is 15.7. The summed E-state index contributed by atoms with van der Waals surface area (Å²) in [6.07, 6.45) is 3.32. The Labute approximate surface area is 309 Å². The number of halogens is 6. The van der Waals surface area contributed by atoms with E-state index in [1.54, 1.807) is 0 Å². The van der Waals surface area contributed by atoms with E-state index in [0.29, 0.717) is 36.5 Å². The normalized spacial score (nSPS) is 26.2. The number of carbonyl (C=O) groups excluding carboxylic acids is 4. The summed E-state index contributed by atoms with van der Waals surface area (Å²) in [6.45, 7) is 12.9. The van der Waals surface area contributed by atoms with Gasteiger partial charge in [0.15, 0.2) is 11.5 Å². The minimum atomic E-state index is -1.64. The minimum Gasteiger partial charge on any atom is -0.462 e. The molecule has 0 radical (unpaired) electrons. The Morgan fingerprint density at radius 2 is 0.917 bits per heavy atom. The van der Waals surface area contributed by atoms with Crippen LogP contribution in [0.2, 0.25) is 30.1 Å². The second kappa shape index (κ2) is 15.1. The van der Waals surface area contributed by atoms with Crippen molar-refractivity contribution < 1.29 is 38.1 Å². The molecule has 2 aromatic rings. The van der Waals surface area contributed by atoms with Gasteiger partial charge < -0.3 is 18.9 Å². The molecule has 0 amide bonds. The minimum absolute atomic E-state index is 0.0158. The number of benzene rings is 2. The van der Waals surface area contributed by atoms with Gasteiger partial charge in [-0.25, -0.2) is 19.2 Å². The molecule has 4 unspecified atom stereocenters. The molecular formula is C34H36Cl6O8. The topological polar surface area (TPSA) is 105 Å². The zero-order valence-electron chi connectivity index (χ0n) is 27.2. The molecule has 0 N–H and O–H groups in total. The third-order valence-corrected chi connectivity index (χ3v) is 13.0. The second-order valence-electron chi connectivity index (χ2n) is 13.4. The zero-order valence-corrected chi connectivity index (χ0v) is 31.8. The summed E-state index contributed by atoms with van der Waals surface area (Å²) in [5, 5.41) is -1.49. The maximum atomic E-state index is 13.2. The van der Waals surface area contributed by atoms with Crippen LogP contribution in [0.25, 0.3) is 0 Å². The molecule has 2 fully saturated rings. The average Bonchev–Trinajstić information content (AvgIpc) is 3.02. The van der Waals surface area contributed by atoms with Crippen LogP contribution >= 0.6 is 69.6 Å². The highest BCUT2D eigenvalue weighted by Gasteiger charge is 2.47. The van der Waals surface area contributed by atoms with Crippen molar-refractivity contribution in [2.24, 2.45) is 34.5 Å². The van der Waals surface area contributed by atoms with Crippen molar-refractivity contribution in [1.82, 2.24) is 0 Å². The number of hydrogen-bond acceptors (Lipinski definition) is 8. The van der Waals surface area contributed by atoms with Crippen molar-refractivity contribution in [2.45, 2.75) is 67.2 Å². The Balaban J connectivity index is 1.51. The lowest BCUT2D eigenvalue weighted by molar-refractivity contribution is -0.156. The van der Waals surface area contributed by atoms with Crippen LogP contribution in [0.1, 0.15) is 87.9 Å². The molecule has 8 nitrogen and oxygen atoms in total. The lowest BCUT2D eigenvalue weighted by Gasteiger charge is -2.52. The summed E-state index contributed by atoms with van der Waals surface area (Å²) in [5.41, 5.74) is -0.956. The lowest BCUT2D eigenvalue weighted by atomic mass is 9.54. The molecule has 262 valence electrons. The van der Waals surface area contributed by atoms with E-state index in [2.05, 4.69) is 41.5 Å². The third-order valence-electron chi connectivity index (χ3n) is 10.9. The molecular weight excluding hydrogens is 749 g/mol. The summed E-state index contributed by atoms with van der Waals surface area (Å²) in [6, 6.07) is 2.26. The summed E-state index contributed by atoms with van der Waals surface area (Å²) in [5.74, 6) is -4.58.